The van der Waals surface area contributed by atoms with E-state index in [1.54, 1.807) is 23.5 Å². The monoisotopic (exact) mass is 927 g/mol. The molecule has 6 rings (SSSR count). The molecule has 0 radical (unpaired) electrons. The lowest BCUT2D eigenvalue weighted by Gasteiger charge is -2.35. The number of likely N-dealkylation sites (tertiary alicyclic amines) is 1. The largest absolute Gasteiger partial charge is 0.508 e. The number of allylic oxidation sites excluding steroid dienone is 1. The normalized spacial score (nSPS) is 15.6. The predicted molar refractivity (Wildman–Crippen MR) is 265 cm³/mol. The smallest absolute Gasteiger partial charge is 0.246 e. The summed E-state index contributed by atoms with van der Waals surface area (Å²) < 4.78 is 5.96. The standard InChI is InChI=1S/C54H65N5O7S/c1-6-45(38-14-10-9-11-15-38)49(39-22-26-42(60)27-23-39)40-24-28-44(29-25-40)66-31-30-55-47(62)16-12-7-8-13-17-48(63)58-51(54(3,4)5)53(65)59-34-43(61)32-46(59)52(64)56-33-37-18-20-41(21-19-37)50-36(2)57-35-67-50/h9-11,14-15,18-29,35,43,46,51,60-61H,6-8,12-13,16-17,30-34H2,1-5H3,(H,55,62)(H,56,64)(H,58,63)/b49-45+/t43-,46+,51-/m1/s1. The quantitative estimate of drug-likeness (QED) is 0.0359. The van der Waals surface area contributed by atoms with E-state index < -0.39 is 29.5 Å². The molecule has 1 aliphatic rings. The van der Waals surface area contributed by atoms with E-state index in [4.69, 9.17) is 4.74 Å². The average molecular weight is 928 g/mol. The Bertz CT molecular complexity index is 2450. The number of amides is 4. The van der Waals surface area contributed by atoms with Gasteiger partial charge in [0.25, 0.3) is 0 Å². The first-order valence-electron chi connectivity index (χ1n) is 23.3. The summed E-state index contributed by atoms with van der Waals surface area (Å²) in [6.45, 7) is 10.7. The fourth-order valence-corrected chi connectivity index (χ4v) is 9.22. The van der Waals surface area contributed by atoms with Crippen molar-refractivity contribution in [1.82, 2.24) is 25.8 Å². The van der Waals surface area contributed by atoms with Crippen molar-refractivity contribution >= 4 is 46.1 Å². The molecule has 4 aromatic carbocycles. The van der Waals surface area contributed by atoms with Crippen molar-refractivity contribution in [1.29, 1.82) is 0 Å². The number of phenols is 1. The third-order valence-corrected chi connectivity index (χ3v) is 13.0. The highest BCUT2D eigenvalue weighted by molar-refractivity contribution is 7.13. The van der Waals surface area contributed by atoms with Crippen molar-refractivity contribution in [2.45, 2.75) is 111 Å². The summed E-state index contributed by atoms with van der Waals surface area (Å²) in [4.78, 5) is 60.0. The number of hydrogen-bond donors (Lipinski definition) is 5. The number of aromatic hydroxyl groups is 1. The molecule has 0 aliphatic carbocycles. The first kappa shape index (κ1) is 50.1. The van der Waals surface area contributed by atoms with E-state index in [0.29, 0.717) is 38.2 Å². The fraction of sp³-hybridized carbons (Fsp3) is 0.389. The summed E-state index contributed by atoms with van der Waals surface area (Å²) in [5, 5.41) is 29.3. The fourth-order valence-electron chi connectivity index (χ4n) is 8.41. The Morgan fingerprint density at radius 1 is 0.821 bits per heavy atom. The minimum Gasteiger partial charge on any atom is -0.508 e. The lowest BCUT2D eigenvalue weighted by molar-refractivity contribution is -0.144. The molecular weight excluding hydrogens is 863 g/mol. The zero-order chi connectivity index (χ0) is 47.9. The summed E-state index contributed by atoms with van der Waals surface area (Å²) in [5.74, 6) is -0.152. The molecule has 0 bridgehead atoms. The lowest BCUT2D eigenvalue weighted by Crippen LogP contribution is -2.57. The van der Waals surface area contributed by atoms with Gasteiger partial charge in [0.15, 0.2) is 0 Å². The van der Waals surface area contributed by atoms with E-state index in [0.717, 1.165) is 63.2 Å². The molecule has 0 unspecified atom stereocenters. The number of ether oxygens (including phenoxy) is 1. The van der Waals surface area contributed by atoms with Gasteiger partial charge in [-0.05, 0) is 94.8 Å². The van der Waals surface area contributed by atoms with Gasteiger partial charge in [-0.25, -0.2) is 4.98 Å². The Morgan fingerprint density at radius 3 is 2.07 bits per heavy atom. The topological polar surface area (TPSA) is 170 Å². The molecule has 1 aromatic heterocycles. The number of phenolic OH excluding ortho intramolecular Hbond substituents is 1. The number of β-amino-alcohol motifs (C(OH)–C–C–N with tert-alkyl or cyclic N) is 1. The van der Waals surface area contributed by atoms with Crippen molar-refractivity contribution in [3.8, 4) is 21.9 Å². The third kappa shape index (κ3) is 14.1. The Balaban J connectivity index is 0.889. The van der Waals surface area contributed by atoms with Crippen LogP contribution in [0.3, 0.4) is 0 Å². The van der Waals surface area contributed by atoms with Crippen molar-refractivity contribution in [2.24, 2.45) is 5.41 Å². The second kappa shape index (κ2) is 23.9. The second-order valence-electron chi connectivity index (χ2n) is 18.2. The highest BCUT2D eigenvalue weighted by Gasteiger charge is 2.44. The van der Waals surface area contributed by atoms with E-state index in [1.165, 1.54) is 10.5 Å². The Morgan fingerprint density at radius 2 is 1.46 bits per heavy atom. The van der Waals surface area contributed by atoms with Crippen LogP contribution < -0.4 is 20.7 Å². The molecule has 4 amide bonds. The number of aryl methyl sites for hydroxylation is 1. The second-order valence-corrected chi connectivity index (χ2v) is 19.1. The zero-order valence-electron chi connectivity index (χ0n) is 39.3. The van der Waals surface area contributed by atoms with Gasteiger partial charge in [-0.3, -0.25) is 19.2 Å². The minimum atomic E-state index is -0.893. The predicted octanol–water partition coefficient (Wildman–Crippen LogP) is 8.84. The number of carbonyl (C=O) groups excluding carboxylic acids is 4. The van der Waals surface area contributed by atoms with Gasteiger partial charge in [-0.2, -0.15) is 0 Å². The van der Waals surface area contributed by atoms with E-state index in [1.807, 2.05) is 112 Å². The molecule has 0 saturated carbocycles. The van der Waals surface area contributed by atoms with Crippen molar-refractivity contribution in [3.63, 3.8) is 0 Å². The van der Waals surface area contributed by atoms with Crippen LogP contribution in [0.5, 0.6) is 11.5 Å². The van der Waals surface area contributed by atoms with Crippen molar-refractivity contribution in [3.05, 3.63) is 137 Å². The number of aliphatic hydroxyl groups excluding tert-OH is 1. The van der Waals surface area contributed by atoms with E-state index in [2.05, 4.69) is 40.0 Å². The van der Waals surface area contributed by atoms with Gasteiger partial charge in [0.05, 0.1) is 28.7 Å². The molecule has 1 fully saturated rings. The number of aromatic nitrogens is 1. The van der Waals surface area contributed by atoms with Crippen molar-refractivity contribution < 1.29 is 34.1 Å². The number of aliphatic hydroxyl groups is 1. The van der Waals surface area contributed by atoms with Gasteiger partial charge in [0, 0.05) is 32.4 Å². The SMILES string of the molecule is CC/C(=C(/c1ccc(O)cc1)c1ccc(OCCNC(=O)CCCCCCC(=O)N[C@H](C(=O)N2C[C@H](O)C[C@H]2C(=O)NCc2ccc(-c3scnc3C)cc2)C(C)(C)C)cc1)c1ccccc1. The van der Waals surface area contributed by atoms with Crippen LogP contribution in [0.2, 0.25) is 0 Å². The zero-order valence-corrected chi connectivity index (χ0v) is 40.2. The molecule has 1 aliphatic heterocycles. The molecule has 2 heterocycles. The van der Waals surface area contributed by atoms with Crippen molar-refractivity contribution in [2.75, 3.05) is 19.7 Å². The Labute approximate surface area is 398 Å². The summed E-state index contributed by atoms with van der Waals surface area (Å²) in [5.41, 5.74) is 9.56. The molecule has 5 N–H and O–H groups in total. The summed E-state index contributed by atoms with van der Waals surface area (Å²) in [6.07, 6.45) is 3.47. The van der Waals surface area contributed by atoms with Crippen LogP contribution in [0.25, 0.3) is 21.6 Å². The summed E-state index contributed by atoms with van der Waals surface area (Å²) in [6, 6.07) is 31.6. The maximum absolute atomic E-state index is 14.0. The Hall–Kier alpha value is -6.31. The molecule has 1 saturated heterocycles. The van der Waals surface area contributed by atoms with Crippen LogP contribution in [0.4, 0.5) is 0 Å². The van der Waals surface area contributed by atoms with Crippen LogP contribution in [-0.2, 0) is 25.7 Å². The van der Waals surface area contributed by atoms with E-state index >= 15 is 0 Å². The molecular formula is C54H65N5O7S. The number of rotatable bonds is 21. The Kier molecular flexibility index (Phi) is 17.9. The number of benzene rings is 4. The molecule has 0 spiro atoms. The highest BCUT2D eigenvalue weighted by atomic mass is 32.1. The maximum atomic E-state index is 14.0. The number of unbranched alkanes of at least 4 members (excludes halogenated alkanes) is 3. The molecule has 12 nitrogen and oxygen atoms in total. The first-order valence-corrected chi connectivity index (χ1v) is 24.2. The summed E-state index contributed by atoms with van der Waals surface area (Å²) >= 11 is 1.58. The van der Waals surface area contributed by atoms with Gasteiger partial charge >= 0.3 is 0 Å². The molecule has 3 atom stereocenters. The third-order valence-electron chi connectivity index (χ3n) is 12.0. The highest BCUT2D eigenvalue weighted by Crippen LogP contribution is 2.36. The number of hydrogen-bond acceptors (Lipinski definition) is 9. The molecule has 5 aromatic rings. The first-order chi connectivity index (χ1) is 32.2. The van der Waals surface area contributed by atoms with E-state index in [-0.39, 0.29) is 49.4 Å². The van der Waals surface area contributed by atoms with Crippen LogP contribution in [-0.4, -0.2) is 81.6 Å². The summed E-state index contributed by atoms with van der Waals surface area (Å²) in [7, 11) is 0. The van der Waals surface area contributed by atoms with Crippen LogP contribution in [0.15, 0.2) is 109 Å². The maximum Gasteiger partial charge on any atom is 0.246 e. The van der Waals surface area contributed by atoms with E-state index in [9.17, 15) is 29.4 Å². The minimum absolute atomic E-state index is 0.00888. The van der Waals surface area contributed by atoms with Gasteiger partial charge in [-0.15, -0.1) is 11.3 Å². The molecule has 67 heavy (non-hydrogen) atoms. The van der Waals surface area contributed by atoms with Crippen LogP contribution >= 0.6 is 11.3 Å². The molecule has 13 heteroatoms. The number of thiazole rings is 1. The van der Waals surface area contributed by atoms with Crippen LogP contribution in [0, 0.1) is 12.3 Å². The van der Waals surface area contributed by atoms with Gasteiger partial charge in [0.2, 0.25) is 23.6 Å². The van der Waals surface area contributed by atoms with Crippen LogP contribution in [0.1, 0.15) is 107 Å². The average Bonchev–Trinajstić information content (AvgIpc) is 3.94. The number of carbonyl (C=O) groups is 4. The lowest BCUT2D eigenvalue weighted by atomic mass is 9.85. The van der Waals surface area contributed by atoms with Gasteiger partial charge < -0.3 is 35.8 Å². The number of nitrogens with zero attached hydrogens (tertiary/aromatic N) is 2. The molecule has 354 valence electrons. The number of nitrogens with one attached hydrogen (secondary N) is 3. The van der Waals surface area contributed by atoms with Gasteiger partial charge in [0.1, 0.15) is 30.2 Å². The van der Waals surface area contributed by atoms with Gasteiger partial charge in [-0.1, -0.05) is 119 Å².